The largest absolute Gasteiger partial charge is 0.362 e. The number of halogens is 1. The number of piperidine rings is 1. The van der Waals surface area contributed by atoms with Gasteiger partial charge in [0, 0.05) is 27.6 Å². The minimum absolute atomic E-state index is 0.321. The first kappa shape index (κ1) is 21.7. The van der Waals surface area contributed by atoms with Crippen LogP contribution in [0.3, 0.4) is 0 Å². The smallest absolute Gasteiger partial charge is 0.227 e. The standard InChI is InChI=1S/C27H20BrN3OS/c28-21-14-12-19(13-15-21)24-22(17-29)26(33)30-27(32,20-9-2-1-3-10-20)25(24)31-16-6-8-18-7-4-5-11-23(18)31/h1-16,24-25,29,32H/p+1. The highest BCUT2D eigenvalue weighted by molar-refractivity contribution is 9.10. The molecule has 0 amide bonds. The van der Waals surface area contributed by atoms with Crippen LogP contribution >= 0.6 is 28.1 Å². The van der Waals surface area contributed by atoms with E-state index in [1.807, 2.05) is 85.1 Å². The lowest BCUT2D eigenvalue weighted by atomic mass is 9.74. The van der Waals surface area contributed by atoms with E-state index in [1.165, 1.54) is 0 Å². The van der Waals surface area contributed by atoms with Crippen LogP contribution < -0.4 is 9.88 Å². The maximum Gasteiger partial charge on any atom is 0.227 e. The van der Waals surface area contributed by atoms with Crippen LogP contribution in [0.4, 0.5) is 0 Å². The first-order valence-electron chi connectivity index (χ1n) is 10.6. The van der Waals surface area contributed by atoms with Gasteiger partial charge < -0.3 is 10.4 Å². The molecule has 33 heavy (non-hydrogen) atoms. The molecule has 1 aromatic heterocycles. The van der Waals surface area contributed by atoms with Gasteiger partial charge in [-0.3, -0.25) is 5.41 Å². The molecule has 0 radical (unpaired) electrons. The van der Waals surface area contributed by atoms with Gasteiger partial charge in [0.15, 0.2) is 6.20 Å². The molecule has 3 unspecified atom stereocenters. The summed E-state index contributed by atoms with van der Waals surface area (Å²) in [5.74, 6) is 2.17. The van der Waals surface area contributed by atoms with Crippen molar-refractivity contribution in [2.75, 3.05) is 0 Å². The summed E-state index contributed by atoms with van der Waals surface area (Å²) in [5.41, 5.74) is 1.63. The second-order valence-corrected chi connectivity index (χ2v) is 9.40. The molecule has 0 aliphatic carbocycles. The zero-order chi connectivity index (χ0) is 23.0. The normalized spacial score (nSPS) is 22.6. The summed E-state index contributed by atoms with van der Waals surface area (Å²) in [6.07, 6.45) is 1.98. The molecule has 0 bridgehead atoms. The van der Waals surface area contributed by atoms with Crippen LogP contribution in [0.5, 0.6) is 0 Å². The highest BCUT2D eigenvalue weighted by atomic mass is 79.9. The molecular formula is C27H21BrN3OS+. The van der Waals surface area contributed by atoms with Crippen molar-refractivity contribution in [1.29, 1.82) is 5.41 Å². The Balaban J connectivity index is 1.85. The molecule has 3 N–H and O–H groups in total. The number of benzene rings is 3. The van der Waals surface area contributed by atoms with Crippen molar-refractivity contribution in [3.8, 4) is 0 Å². The van der Waals surface area contributed by atoms with E-state index in [4.69, 9.17) is 17.6 Å². The average Bonchev–Trinajstić information content (AvgIpc) is 2.84. The van der Waals surface area contributed by atoms with E-state index in [-0.39, 0.29) is 0 Å². The number of aromatic nitrogens is 1. The van der Waals surface area contributed by atoms with Crippen LogP contribution in [-0.2, 0) is 5.72 Å². The van der Waals surface area contributed by atoms with E-state index in [0.717, 1.165) is 20.9 Å². The molecule has 1 fully saturated rings. The molecule has 4 nitrogen and oxygen atoms in total. The van der Waals surface area contributed by atoms with Gasteiger partial charge in [-0.05, 0) is 35.7 Å². The van der Waals surface area contributed by atoms with Crippen LogP contribution in [0, 0.1) is 5.41 Å². The Hall–Kier alpha value is -3.15. The number of para-hydroxylation sites is 1. The van der Waals surface area contributed by atoms with Crippen molar-refractivity contribution < 1.29 is 9.67 Å². The second-order valence-electron chi connectivity index (χ2n) is 8.07. The van der Waals surface area contributed by atoms with E-state index in [9.17, 15) is 5.11 Å². The lowest BCUT2D eigenvalue weighted by Gasteiger charge is -2.43. The van der Waals surface area contributed by atoms with Gasteiger partial charge in [-0.2, -0.15) is 4.57 Å². The van der Waals surface area contributed by atoms with Gasteiger partial charge in [0.1, 0.15) is 4.99 Å². The predicted molar refractivity (Wildman–Crippen MR) is 137 cm³/mol. The summed E-state index contributed by atoms with van der Waals surface area (Å²) in [6.45, 7) is 0. The third kappa shape index (κ3) is 3.71. The number of pyridine rings is 1. The molecule has 1 saturated heterocycles. The maximum absolute atomic E-state index is 12.4. The first-order chi connectivity index (χ1) is 16.0. The van der Waals surface area contributed by atoms with Crippen molar-refractivity contribution in [2.24, 2.45) is 0 Å². The zero-order valence-corrected chi connectivity index (χ0v) is 20.0. The number of rotatable bonds is 3. The molecule has 162 valence electrons. The Morgan fingerprint density at radius 3 is 2.33 bits per heavy atom. The molecule has 1 aliphatic heterocycles. The fourth-order valence-corrected chi connectivity index (χ4v) is 5.33. The van der Waals surface area contributed by atoms with Gasteiger partial charge >= 0.3 is 0 Å². The van der Waals surface area contributed by atoms with Gasteiger partial charge in [-0.15, -0.1) is 0 Å². The third-order valence-electron chi connectivity index (χ3n) is 6.22. The quantitative estimate of drug-likeness (QED) is 0.153. The van der Waals surface area contributed by atoms with E-state index < -0.39 is 17.7 Å². The Morgan fingerprint density at radius 1 is 0.939 bits per heavy atom. The fraction of sp³-hybridized carbons (Fsp3) is 0.111. The molecule has 5 rings (SSSR count). The number of thiocarbonyl (C=S) groups is 1. The molecule has 1 aliphatic rings. The summed E-state index contributed by atoms with van der Waals surface area (Å²) in [6, 6.07) is 29.0. The number of hydrogen-bond acceptors (Lipinski definition) is 3. The van der Waals surface area contributed by atoms with E-state index in [0.29, 0.717) is 16.1 Å². The van der Waals surface area contributed by atoms with Crippen LogP contribution in [0.15, 0.2) is 107 Å². The number of nitrogens with zero attached hydrogens (tertiary/aromatic N) is 1. The Kier molecular flexibility index (Phi) is 5.69. The van der Waals surface area contributed by atoms with E-state index in [2.05, 4.69) is 43.8 Å². The van der Waals surface area contributed by atoms with Crippen LogP contribution in [0.2, 0.25) is 0 Å². The summed E-state index contributed by atoms with van der Waals surface area (Å²) < 4.78 is 3.04. The SMILES string of the molecule is N=C=C1C(=S)NC(O)(c2ccccc2)C([n+]2cccc3ccccc32)C1c1ccc(Br)cc1. The molecular weight excluding hydrogens is 494 g/mol. The lowest BCUT2D eigenvalue weighted by molar-refractivity contribution is -0.720. The van der Waals surface area contributed by atoms with Crippen LogP contribution in [-0.4, -0.2) is 16.0 Å². The minimum Gasteiger partial charge on any atom is -0.362 e. The highest BCUT2D eigenvalue weighted by Crippen LogP contribution is 2.46. The molecule has 0 saturated carbocycles. The van der Waals surface area contributed by atoms with Crippen molar-refractivity contribution in [1.82, 2.24) is 5.32 Å². The lowest BCUT2D eigenvalue weighted by Crippen LogP contribution is -2.65. The Bertz CT molecular complexity index is 1390. The topological polar surface area (TPSA) is 60.0 Å². The van der Waals surface area contributed by atoms with Gasteiger partial charge in [-0.25, -0.2) is 0 Å². The second kappa shape index (κ2) is 8.65. The summed E-state index contributed by atoms with van der Waals surface area (Å²) in [5, 5.41) is 24.7. The van der Waals surface area contributed by atoms with Crippen molar-refractivity contribution in [3.05, 3.63) is 118 Å². The van der Waals surface area contributed by atoms with Gasteiger partial charge in [0.05, 0.1) is 11.5 Å². The number of fused-ring (bicyclic) bond motifs is 1. The van der Waals surface area contributed by atoms with Gasteiger partial charge in [-0.1, -0.05) is 82.7 Å². The predicted octanol–water partition coefficient (Wildman–Crippen LogP) is 5.17. The van der Waals surface area contributed by atoms with Gasteiger partial charge in [0.2, 0.25) is 17.3 Å². The molecule has 3 atom stereocenters. The molecule has 6 heteroatoms. The van der Waals surface area contributed by atoms with E-state index in [1.54, 1.807) is 0 Å². The molecule has 0 spiro atoms. The summed E-state index contributed by atoms with van der Waals surface area (Å²) >= 11 is 9.18. The van der Waals surface area contributed by atoms with E-state index >= 15 is 0 Å². The molecule has 2 heterocycles. The van der Waals surface area contributed by atoms with Crippen LogP contribution in [0.1, 0.15) is 23.1 Å². The first-order valence-corrected chi connectivity index (χ1v) is 11.8. The number of nitrogens with one attached hydrogen (secondary N) is 2. The maximum atomic E-state index is 12.4. The summed E-state index contributed by atoms with van der Waals surface area (Å²) in [7, 11) is 0. The monoisotopic (exact) mass is 514 g/mol. The third-order valence-corrected chi connectivity index (χ3v) is 7.07. The number of hydrogen-bond donors (Lipinski definition) is 3. The highest BCUT2D eigenvalue weighted by Gasteiger charge is 2.56. The Morgan fingerprint density at radius 2 is 1.61 bits per heavy atom. The van der Waals surface area contributed by atoms with Crippen molar-refractivity contribution >= 4 is 49.9 Å². The summed E-state index contributed by atoms with van der Waals surface area (Å²) in [4.78, 5) is 0.321. The van der Waals surface area contributed by atoms with Crippen molar-refractivity contribution in [3.63, 3.8) is 0 Å². The Labute approximate surface area is 205 Å². The average molecular weight is 515 g/mol. The minimum atomic E-state index is -1.52. The van der Waals surface area contributed by atoms with Crippen LogP contribution in [0.25, 0.3) is 10.9 Å². The van der Waals surface area contributed by atoms with Crippen molar-refractivity contribution in [2.45, 2.75) is 17.7 Å². The molecule has 3 aromatic carbocycles. The number of aliphatic hydroxyl groups is 1. The molecule has 4 aromatic rings. The fourth-order valence-electron chi connectivity index (χ4n) is 4.73. The zero-order valence-electron chi connectivity index (χ0n) is 17.6. The van der Waals surface area contributed by atoms with Gasteiger partial charge in [0.25, 0.3) is 0 Å².